The van der Waals surface area contributed by atoms with E-state index in [-0.39, 0.29) is 19.0 Å². The van der Waals surface area contributed by atoms with Crippen LogP contribution in [0.2, 0.25) is 5.02 Å². The number of hydrogen-bond donors (Lipinski definition) is 1. The number of amides is 4. The Morgan fingerprint density at radius 3 is 2.55 bits per heavy atom. The Labute approximate surface area is 174 Å². The molecule has 4 amide bonds. The van der Waals surface area contributed by atoms with Crippen LogP contribution in [0.5, 0.6) is 5.75 Å². The summed E-state index contributed by atoms with van der Waals surface area (Å²) in [6, 6.07) is 13.5. The van der Waals surface area contributed by atoms with Crippen molar-refractivity contribution in [3.63, 3.8) is 0 Å². The number of ether oxygens (including phenoxy) is 1. The lowest BCUT2D eigenvalue weighted by Gasteiger charge is -2.23. The van der Waals surface area contributed by atoms with Crippen molar-refractivity contribution in [2.45, 2.75) is 19.0 Å². The highest BCUT2D eigenvalue weighted by atomic mass is 35.5. The number of likely N-dealkylation sites (N-methyl/N-ethyl adjacent to an activating group) is 1. The highest BCUT2D eigenvalue weighted by Gasteiger charge is 2.49. The molecule has 0 aromatic heterocycles. The molecule has 1 atom stereocenters. The number of carbonyl (C=O) groups excluding carboxylic acids is 3. The highest BCUT2D eigenvalue weighted by Crippen LogP contribution is 2.29. The smallest absolute Gasteiger partial charge is 0.325 e. The van der Waals surface area contributed by atoms with Gasteiger partial charge in [0.2, 0.25) is 5.91 Å². The maximum absolute atomic E-state index is 12.9. The number of carbonyl (C=O) groups is 3. The van der Waals surface area contributed by atoms with Gasteiger partial charge < -0.3 is 15.0 Å². The van der Waals surface area contributed by atoms with Crippen LogP contribution >= 0.6 is 11.6 Å². The number of imide groups is 1. The van der Waals surface area contributed by atoms with E-state index in [1.54, 1.807) is 56.4 Å². The van der Waals surface area contributed by atoms with Crippen LogP contribution in [0.25, 0.3) is 0 Å². The number of nitrogens with one attached hydrogen (secondary N) is 1. The number of urea groups is 1. The Balaban J connectivity index is 1.73. The predicted octanol–water partition coefficient (Wildman–Crippen LogP) is 2.77. The molecule has 1 fully saturated rings. The van der Waals surface area contributed by atoms with E-state index < -0.39 is 17.5 Å². The summed E-state index contributed by atoms with van der Waals surface area (Å²) < 4.78 is 5.30. The Bertz CT molecular complexity index is 950. The molecule has 8 heteroatoms. The number of benzene rings is 2. The van der Waals surface area contributed by atoms with Gasteiger partial charge in [0.1, 0.15) is 17.8 Å². The Morgan fingerprint density at radius 1 is 1.21 bits per heavy atom. The summed E-state index contributed by atoms with van der Waals surface area (Å²) in [5.74, 6) is -0.246. The molecule has 2 aromatic rings. The number of halogens is 1. The molecule has 0 bridgehead atoms. The summed E-state index contributed by atoms with van der Waals surface area (Å²) in [6.45, 7) is 1.50. The van der Waals surface area contributed by atoms with E-state index in [1.165, 1.54) is 12.0 Å². The van der Waals surface area contributed by atoms with Crippen molar-refractivity contribution in [1.29, 1.82) is 0 Å². The van der Waals surface area contributed by atoms with Crippen molar-refractivity contribution in [3.8, 4) is 5.75 Å². The van der Waals surface area contributed by atoms with Gasteiger partial charge in [0.15, 0.2) is 0 Å². The number of rotatable bonds is 6. The summed E-state index contributed by atoms with van der Waals surface area (Å²) >= 11 is 6.04. The van der Waals surface area contributed by atoms with Crippen LogP contribution < -0.4 is 10.1 Å². The largest absolute Gasteiger partial charge is 0.496 e. The first kappa shape index (κ1) is 20.7. The molecule has 1 aliphatic heterocycles. The minimum atomic E-state index is -1.20. The number of methoxy groups -OCH3 is 1. The molecule has 7 nitrogen and oxygen atoms in total. The molecular weight excluding hydrogens is 394 g/mol. The van der Waals surface area contributed by atoms with Crippen molar-refractivity contribution >= 4 is 29.4 Å². The zero-order chi connectivity index (χ0) is 21.2. The third-order valence-corrected chi connectivity index (χ3v) is 5.23. The quantitative estimate of drug-likeness (QED) is 0.736. The number of nitrogens with zero attached hydrogens (tertiary/aromatic N) is 2. The second-order valence-electron chi connectivity index (χ2n) is 7.02. The van der Waals surface area contributed by atoms with Crippen molar-refractivity contribution in [3.05, 3.63) is 64.7 Å². The summed E-state index contributed by atoms with van der Waals surface area (Å²) in [5.41, 5.74) is 0.181. The van der Waals surface area contributed by atoms with Gasteiger partial charge >= 0.3 is 6.03 Å². The van der Waals surface area contributed by atoms with E-state index in [9.17, 15) is 14.4 Å². The van der Waals surface area contributed by atoms with Crippen LogP contribution in [0.15, 0.2) is 48.5 Å². The van der Waals surface area contributed by atoms with E-state index in [0.29, 0.717) is 16.3 Å². The standard InChI is InChI=1S/C21H22ClN3O4/c1-21(15-7-5-4-6-8-15)19(27)25(20(28)23-21)13-18(26)24(2)12-14-11-16(22)9-10-17(14)29-3/h4-11H,12-13H2,1-3H3,(H,23,28). The summed E-state index contributed by atoms with van der Waals surface area (Å²) in [4.78, 5) is 40.4. The monoisotopic (exact) mass is 415 g/mol. The van der Waals surface area contributed by atoms with Crippen LogP contribution in [0.4, 0.5) is 4.79 Å². The molecular formula is C21H22ClN3O4. The van der Waals surface area contributed by atoms with Gasteiger partial charge in [0, 0.05) is 24.2 Å². The maximum atomic E-state index is 12.9. The lowest BCUT2D eigenvalue weighted by Crippen LogP contribution is -2.43. The van der Waals surface area contributed by atoms with Crippen molar-refractivity contribution in [2.75, 3.05) is 20.7 Å². The fraction of sp³-hybridized carbons (Fsp3) is 0.286. The molecule has 0 radical (unpaired) electrons. The number of hydrogen-bond acceptors (Lipinski definition) is 4. The van der Waals surface area contributed by atoms with Crippen LogP contribution in [0.3, 0.4) is 0 Å². The molecule has 29 heavy (non-hydrogen) atoms. The second kappa shape index (κ2) is 8.13. The van der Waals surface area contributed by atoms with Crippen LogP contribution in [-0.2, 0) is 21.7 Å². The topological polar surface area (TPSA) is 79.0 Å². The fourth-order valence-corrected chi connectivity index (χ4v) is 3.47. The van der Waals surface area contributed by atoms with E-state index in [4.69, 9.17) is 16.3 Å². The molecule has 152 valence electrons. The van der Waals surface area contributed by atoms with E-state index >= 15 is 0 Å². The van der Waals surface area contributed by atoms with Gasteiger partial charge in [-0.25, -0.2) is 4.79 Å². The summed E-state index contributed by atoms with van der Waals surface area (Å²) in [5, 5.41) is 3.22. The first-order valence-electron chi connectivity index (χ1n) is 9.02. The average molecular weight is 416 g/mol. The van der Waals surface area contributed by atoms with Crippen LogP contribution in [0, 0.1) is 0 Å². The van der Waals surface area contributed by atoms with Gasteiger partial charge in [-0.3, -0.25) is 14.5 Å². The molecule has 1 aliphatic rings. The molecule has 1 N–H and O–H groups in total. The lowest BCUT2D eigenvalue weighted by atomic mass is 9.92. The Morgan fingerprint density at radius 2 is 1.90 bits per heavy atom. The zero-order valence-corrected chi connectivity index (χ0v) is 17.2. The highest BCUT2D eigenvalue weighted by molar-refractivity contribution is 6.30. The van der Waals surface area contributed by atoms with Gasteiger partial charge in [-0.15, -0.1) is 0 Å². The van der Waals surface area contributed by atoms with E-state index in [1.807, 2.05) is 6.07 Å². The van der Waals surface area contributed by atoms with Crippen LogP contribution in [-0.4, -0.2) is 48.3 Å². The predicted molar refractivity (Wildman–Crippen MR) is 109 cm³/mol. The molecule has 0 spiro atoms. The molecule has 1 heterocycles. The summed E-state index contributed by atoms with van der Waals surface area (Å²) in [7, 11) is 3.13. The van der Waals surface area contributed by atoms with Gasteiger partial charge in [-0.2, -0.15) is 0 Å². The molecule has 3 rings (SSSR count). The van der Waals surface area contributed by atoms with E-state index in [2.05, 4.69) is 5.32 Å². The molecule has 1 unspecified atom stereocenters. The van der Waals surface area contributed by atoms with E-state index in [0.717, 1.165) is 10.5 Å². The average Bonchev–Trinajstić information content (AvgIpc) is 2.92. The summed E-state index contributed by atoms with van der Waals surface area (Å²) in [6.07, 6.45) is 0. The Hall–Kier alpha value is -3.06. The third-order valence-electron chi connectivity index (χ3n) is 5.00. The first-order chi connectivity index (χ1) is 13.8. The normalized spacial score (nSPS) is 18.6. The Kier molecular flexibility index (Phi) is 5.79. The SMILES string of the molecule is COc1ccc(Cl)cc1CN(C)C(=O)CN1C(=O)NC(C)(c2ccccc2)C1=O. The molecule has 2 aromatic carbocycles. The minimum absolute atomic E-state index is 0.224. The zero-order valence-electron chi connectivity index (χ0n) is 16.4. The van der Waals surface area contributed by atoms with Crippen molar-refractivity contribution in [1.82, 2.24) is 15.1 Å². The fourth-order valence-electron chi connectivity index (χ4n) is 3.28. The first-order valence-corrected chi connectivity index (χ1v) is 9.40. The lowest BCUT2D eigenvalue weighted by molar-refractivity contribution is -0.138. The van der Waals surface area contributed by atoms with Gasteiger partial charge in [-0.1, -0.05) is 41.9 Å². The second-order valence-corrected chi connectivity index (χ2v) is 7.45. The minimum Gasteiger partial charge on any atom is -0.496 e. The van der Waals surface area contributed by atoms with Gasteiger partial charge in [-0.05, 0) is 30.7 Å². The maximum Gasteiger partial charge on any atom is 0.325 e. The van der Waals surface area contributed by atoms with Crippen molar-refractivity contribution in [2.24, 2.45) is 0 Å². The molecule has 1 saturated heterocycles. The van der Waals surface area contributed by atoms with Crippen LogP contribution in [0.1, 0.15) is 18.1 Å². The third kappa shape index (κ3) is 4.05. The van der Waals surface area contributed by atoms with Gasteiger partial charge in [0.25, 0.3) is 5.91 Å². The molecule has 0 aliphatic carbocycles. The van der Waals surface area contributed by atoms with Gasteiger partial charge in [0.05, 0.1) is 7.11 Å². The van der Waals surface area contributed by atoms with Crippen molar-refractivity contribution < 1.29 is 19.1 Å². The molecule has 0 saturated carbocycles.